The molecule has 0 aliphatic heterocycles. The first-order valence-electron chi connectivity index (χ1n) is 12.4. The Bertz CT molecular complexity index is 1030. The van der Waals surface area contributed by atoms with Gasteiger partial charge in [-0.25, -0.2) is 9.59 Å². The van der Waals surface area contributed by atoms with Crippen LogP contribution in [0.4, 0.5) is 4.79 Å². The summed E-state index contributed by atoms with van der Waals surface area (Å²) in [6.45, 7) is 4.42. The first kappa shape index (κ1) is 24.8. The summed E-state index contributed by atoms with van der Waals surface area (Å²) in [6, 6.07) is 15.5. The molecule has 0 saturated heterocycles. The van der Waals surface area contributed by atoms with E-state index in [2.05, 4.69) is 34.9 Å². The molecule has 3 N–H and O–H groups in total. The van der Waals surface area contributed by atoms with Gasteiger partial charge in [0.25, 0.3) is 0 Å². The number of aliphatic carboxylic acids is 1. The lowest BCUT2D eigenvalue weighted by molar-refractivity contribution is -0.142. The van der Waals surface area contributed by atoms with Crippen molar-refractivity contribution in [1.29, 1.82) is 0 Å². The summed E-state index contributed by atoms with van der Waals surface area (Å²) >= 11 is 0. The van der Waals surface area contributed by atoms with Crippen molar-refractivity contribution < 1.29 is 24.2 Å². The molecule has 0 radical (unpaired) electrons. The van der Waals surface area contributed by atoms with Crippen LogP contribution in [0.1, 0.15) is 56.6 Å². The Labute approximate surface area is 206 Å². The van der Waals surface area contributed by atoms with Crippen LogP contribution >= 0.6 is 0 Å². The summed E-state index contributed by atoms with van der Waals surface area (Å²) in [5.74, 6) is -0.832. The molecule has 2 aromatic carbocycles. The summed E-state index contributed by atoms with van der Waals surface area (Å²) in [4.78, 5) is 36.5. The first-order chi connectivity index (χ1) is 16.8. The van der Waals surface area contributed by atoms with Crippen LogP contribution in [0.15, 0.2) is 48.5 Å². The van der Waals surface area contributed by atoms with E-state index in [4.69, 9.17) is 4.74 Å². The van der Waals surface area contributed by atoms with Crippen molar-refractivity contribution in [2.45, 2.75) is 51.5 Å². The van der Waals surface area contributed by atoms with Gasteiger partial charge >= 0.3 is 12.1 Å². The van der Waals surface area contributed by atoms with E-state index in [1.54, 1.807) is 0 Å². The molecule has 2 aliphatic rings. The van der Waals surface area contributed by atoms with Crippen molar-refractivity contribution in [2.75, 3.05) is 13.2 Å². The molecule has 2 amide bonds. The molecular weight excluding hydrogens is 444 g/mol. The van der Waals surface area contributed by atoms with Crippen molar-refractivity contribution in [3.05, 3.63) is 59.7 Å². The number of carboxylic acid groups (broad SMARTS) is 1. The maximum Gasteiger partial charge on any atom is 0.407 e. The SMILES string of the molecule is CC(C)C[C@@H](NC(=O)CC(CNC(=O)OCC1c2ccccc2-c2ccccc21)C1CC1)C(=O)O. The van der Waals surface area contributed by atoms with E-state index >= 15 is 0 Å². The molecule has 35 heavy (non-hydrogen) atoms. The fourth-order valence-corrected chi connectivity index (χ4v) is 5.02. The van der Waals surface area contributed by atoms with Crippen molar-refractivity contribution in [2.24, 2.45) is 17.8 Å². The standard InChI is InChI=1S/C28H34N2O5/c1-17(2)13-25(27(32)33)30-26(31)14-19(18-11-12-18)15-29-28(34)35-16-24-22-9-5-3-7-20(22)21-8-4-6-10-23(21)24/h3-10,17-19,24-25H,11-16H2,1-2H3,(H,29,34)(H,30,31)(H,32,33)/t19?,25-/m1/s1. The fraction of sp³-hybridized carbons (Fsp3) is 0.464. The van der Waals surface area contributed by atoms with Gasteiger partial charge in [0.05, 0.1) is 0 Å². The van der Waals surface area contributed by atoms with Gasteiger partial charge in [0.1, 0.15) is 12.6 Å². The van der Waals surface area contributed by atoms with E-state index in [0.29, 0.717) is 18.9 Å². The molecule has 7 heteroatoms. The molecular formula is C28H34N2O5. The second kappa shape index (κ2) is 10.9. The van der Waals surface area contributed by atoms with Crippen molar-refractivity contribution >= 4 is 18.0 Å². The van der Waals surface area contributed by atoms with Crippen LogP contribution in [-0.4, -0.2) is 42.3 Å². The Hall–Kier alpha value is -3.35. The third-order valence-electron chi connectivity index (χ3n) is 6.93. The highest BCUT2D eigenvalue weighted by atomic mass is 16.5. The van der Waals surface area contributed by atoms with Crippen molar-refractivity contribution in [1.82, 2.24) is 10.6 Å². The summed E-state index contributed by atoms with van der Waals surface area (Å²) in [6.07, 6.45) is 2.10. The van der Waals surface area contributed by atoms with Gasteiger partial charge in [0.15, 0.2) is 0 Å². The molecule has 1 saturated carbocycles. The molecule has 2 atom stereocenters. The number of nitrogens with one attached hydrogen (secondary N) is 2. The zero-order valence-corrected chi connectivity index (χ0v) is 20.3. The smallest absolute Gasteiger partial charge is 0.407 e. The second-order valence-electron chi connectivity index (χ2n) is 10.1. The number of ether oxygens (including phenoxy) is 1. The lowest BCUT2D eigenvalue weighted by atomic mass is 9.98. The van der Waals surface area contributed by atoms with Gasteiger partial charge in [-0.1, -0.05) is 62.4 Å². The quantitative estimate of drug-likeness (QED) is 0.439. The minimum absolute atomic E-state index is 0.00735. The Morgan fingerprint density at radius 2 is 1.60 bits per heavy atom. The van der Waals surface area contributed by atoms with Crippen LogP contribution < -0.4 is 10.6 Å². The van der Waals surface area contributed by atoms with E-state index in [0.717, 1.165) is 24.0 Å². The van der Waals surface area contributed by atoms with Gasteiger partial charge < -0.3 is 20.5 Å². The topological polar surface area (TPSA) is 105 Å². The lowest BCUT2D eigenvalue weighted by Crippen LogP contribution is -2.43. The Kier molecular flexibility index (Phi) is 7.73. The zero-order valence-electron chi connectivity index (χ0n) is 20.3. The van der Waals surface area contributed by atoms with Crippen LogP contribution in [0, 0.1) is 17.8 Å². The maximum absolute atomic E-state index is 12.5. The number of carbonyl (C=O) groups is 3. The van der Waals surface area contributed by atoms with Crippen LogP contribution in [0.25, 0.3) is 11.1 Å². The number of carboxylic acids is 1. The third kappa shape index (κ3) is 6.21. The highest BCUT2D eigenvalue weighted by Gasteiger charge is 2.34. The van der Waals surface area contributed by atoms with Crippen molar-refractivity contribution in [3.8, 4) is 11.1 Å². The van der Waals surface area contributed by atoms with E-state index in [1.807, 2.05) is 38.1 Å². The molecule has 0 spiro atoms. The Balaban J connectivity index is 1.29. The average Bonchev–Trinajstić information content (AvgIpc) is 3.62. The molecule has 186 valence electrons. The predicted octanol–water partition coefficient (Wildman–Crippen LogP) is 4.56. The highest BCUT2D eigenvalue weighted by molar-refractivity contribution is 5.83. The molecule has 0 aromatic heterocycles. The molecule has 1 unspecified atom stereocenters. The minimum Gasteiger partial charge on any atom is -0.480 e. The van der Waals surface area contributed by atoms with Crippen LogP contribution in [0.2, 0.25) is 0 Å². The largest absolute Gasteiger partial charge is 0.480 e. The zero-order chi connectivity index (χ0) is 24.9. The maximum atomic E-state index is 12.5. The fourth-order valence-electron chi connectivity index (χ4n) is 5.02. The van der Waals surface area contributed by atoms with E-state index < -0.39 is 18.1 Å². The van der Waals surface area contributed by atoms with E-state index in [-0.39, 0.29) is 36.7 Å². The molecule has 2 aromatic rings. The molecule has 4 rings (SSSR count). The van der Waals surface area contributed by atoms with Crippen LogP contribution in [-0.2, 0) is 14.3 Å². The number of rotatable bonds is 11. The number of alkyl carbamates (subject to hydrolysis) is 1. The molecule has 0 bridgehead atoms. The van der Waals surface area contributed by atoms with E-state index in [1.165, 1.54) is 11.1 Å². The number of benzene rings is 2. The normalized spacial score (nSPS) is 16.2. The average molecular weight is 479 g/mol. The third-order valence-corrected chi connectivity index (χ3v) is 6.93. The van der Waals surface area contributed by atoms with Gasteiger partial charge in [-0.3, -0.25) is 4.79 Å². The monoisotopic (exact) mass is 478 g/mol. The molecule has 2 aliphatic carbocycles. The molecule has 7 nitrogen and oxygen atoms in total. The van der Waals surface area contributed by atoms with E-state index in [9.17, 15) is 19.5 Å². The number of amides is 2. The summed E-state index contributed by atoms with van der Waals surface area (Å²) in [5, 5.41) is 14.9. The minimum atomic E-state index is -1.02. The number of fused-ring (bicyclic) bond motifs is 3. The van der Waals surface area contributed by atoms with Gasteiger partial charge in [-0.2, -0.15) is 0 Å². The van der Waals surface area contributed by atoms with Crippen LogP contribution in [0.3, 0.4) is 0 Å². The molecule has 1 fully saturated rings. The number of hydrogen-bond donors (Lipinski definition) is 3. The van der Waals surface area contributed by atoms with Gasteiger partial charge in [-0.05, 0) is 59.3 Å². The van der Waals surface area contributed by atoms with Crippen LogP contribution in [0.5, 0.6) is 0 Å². The Morgan fingerprint density at radius 3 is 2.14 bits per heavy atom. The summed E-state index contributed by atoms with van der Waals surface area (Å²) in [7, 11) is 0. The highest BCUT2D eigenvalue weighted by Crippen LogP contribution is 2.44. The summed E-state index contributed by atoms with van der Waals surface area (Å²) < 4.78 is 5.61. The summed E-state index contributed by atoms with van der Waals surface area (Å²) in [5.41, 5.74) is 4.66. The van der Waals surface area contributed by atoms with Gasteiger partial charge in [0, 0.05) is 18.9 Å². The number of carbonyl (C=O) groups excluding carboxylic acids is 2. The van der Waals surface area contributed by atoms with Crippen molar-refractivity contribution in [3.63, 3.8) is 0 Å². The molecule has 0 heterocycles. The number of hydrogen-bond acceptors (Lipinski definition) is 4. The Morgan fingerprint density at radius 1 is 1.00 bits per heavy atom. The van der Waals surface area contributed by atoms with Gasteiger partial charge in [0.2, 0.25) is 5.91 Å². The lowest BCUT2D eigenvalue weighted by Gasteiger charge is -2.20. The first-order valence-corrected chi connectivity index (χ1v) is 12.4. The second-order valence-corrected chi connectivity index (χ2v) is 10.1. The van der Waals surface area contributed by atoms with Gasteiger partial charge in [-0.15, -0.1) is 0 Å². The predicted molar refractivity (Wildman–Crippen MR) is 133 cm³/mol.